The summed E-state index contributed by atoms with van der Waals surface area (Å²) in [4.78, 5) is 26.0. The van der Waals surface area contributed by atoms with Gasteiger partial charge < -0.3 is 10.6 Å². The Morgan fingerprint density at radius 3 is 1.28 bits per heavy atom. The average Bonchev–Trinajstić information content (AvgIpc) is 2.83. The summed E-state index contributed by atoms with van der Waals surface area (Å²) >= 11 is 12.7. The van der Waals surface area contributed by atoms with Crippen LogP contribution in [0.25, 0.3) is 21.5 Å². The van der Waals surface area contributed by atoms with Gasteiger partial charge in [-0.05, 0) is 45.8 Å². The second kappa shape index (κ2) is 8.15. The Bertz CT molecular complexity index is 1370. The summed E-state index contributed by atoms with van der Waals surface area (Å²) in [7, 11) is 0. The number of Topliss-reactive ketones (excluding diaryl/α,β-unsaturated/α-hetero) is 2. The predicted molar refractivity (Wildman–Crippen MR) is 131 cm³/mol. The molecule has 0 atom stereocenters. The number of anilines is 2. The van der Waals surface area contributed by atoms with E-state index in [0.29, 0.717) is 11.4 Å². The Balaban J connectivity index is 1.44. The normalized spacial score (nSPS) is 14.4. The molecule has 1 aliphatic carbocycles. The lowest BCUT2D eigenvalue weighted by molar-refractivity contribution is -0.115. The summed E-state index contributed by atoms with van der Waals surface area (Å²) < 4.78 is 0. The Morgan fingerprint density at radius 1 is 0.500 bits per heavy atom. The molecule has 0 heterocycles. The van der Waals surface area contributed by atoms with Gasteiger partial charge in [-0.2, -0.15) is 0 Å². The van der Waals surface area contributed by atoms with E-state index < -0.39 is 11.6 Å². The van der Waals surface area contributed by atoms with Crippen LogP contribution >= 0.6 is 23.2 Å². The minimum absolute atomic E-state index is 0.0407. The van der Waals surface area contributed by atoms with E-state index in [1.54, 1.807) is 0 Å². The molecule has 0 aliphatic heterocycles. The maximum Gasteiger partial charge on any atom is 0.224 e. The molecular formula is C26H16Cl2N2O2. The third kappa shape index (κ3) is 3.64. The molecule has 156 valence electrons. The van der Waals surface area contributed by atoms with E-state index >= 15 is 0 Å². The molecule has 2 N–H and O–H groups in total. The number of carbonyl (C=O) groups excluding carboxylic acids is 2. The molecule has 4 aromatic carbocycles. The number of allylic oxidation sites excluding steroid dienone is 2. The third-order valence-corrected chi connectivity index (χ3v) is 6.05. The van der Waals surface area contributed by atoms with Crippen molar-refractivity contribution in [3.05, 3.63) is 106 Å². The quantitative estimate of drug-likeness (QED) is 0.339. The second-order valence-corrected chi connectivity index (χ2v) is 8.17. The van der Waals surface area contributed by atoms with E-state index in [0.717, 1.165) is 21.5 Å². The van der Waals surface area contributed by atoms with E-state index in [-0.39, 0.29) is 21.5 Å². The highest BCUT2D eigenvalue weighted by atomic mass is 35.5. The zero-order valence-corrected chi connectivity index (χ0v) is 18.2. The van der Waals surface area contributed by atoms with Gasteiger partial charge in [0, 0.05) is 11.4 Å². The molecule has 0 fully saturated rings. The Hall–Kier alpha value is -3.60. The monoisotopic (exact) mass is 458 g/mol. The number of halogens is 2. The number of hydrogen-bond acceptors (Lipinski definition) is 4. The van der Waals surface area contributed by atoms with E-state index in [1.165, 1.54) is 0 Å². The first-order valence-electron chi connectivity index (χ1n) is 9.92. The van der Waals surface area contributed by atoms with Crippen LogP contribution in [0.2, 0.25) is 0 Å². The van der Waals surface area contributed by atoms with Crippen molar-refractivity contribution in [1.82, 2.24) is 0 Å². The number of carbonyl (C=O) groups is 2. The van der Waals surface area contributed by atoms with Gasteiger partial charge in [-0.15, -0.1) is 0 Å². The summed E-state index contributed by atoms with van der Waals surface area (Å²) in [5.74, 6) is -1.10. The van der Waals surface area contributed by atoms with E-state index in [4.69, 9.17) is 23.2 Å². The Morgan fingerprint density at radius 2 is 0.875 bits per heavy atom. The van der Waals surface area contributed by atoms with Gasteiger partial charge in [0.15, 0.2) is 0 Å². The summed E-state index contributed by atoms with van der Waals surface area (Å²) in [5, 5.41) is 9.62. The van der Waals surface area contributed by atoms with Gasteiger partial charge in [0.25, 0.3) is 0 Å². The molecule has 32 heavy (non-hydrogen) atoms. The largest absolute Gasteiger partial charge is 0.351 e. The highest BCUT2D eigenvalue weighted by Crippen LogP contribution is 2.32. The highest BCUT2D eigenvalue weighted by Gasteiger charge is 2.33. The van der Waals surface area contributed by atoms with Gasteiger partial charge in [0.2, 0.25) is 11.6 Å². The van der Waals surface area contributed by atoms with Gasteiger partial charge in [0.05, 0.1) is 0 Å². The lowest BCUT2D eigenvalue weighted by atomic mass is 10.0. The molecule has 5 rings (SSSR count). The van der Waals surface area contributed by atoms with Crippen LogP contribution in [0.1, 0.15) is 0 Å². The number of benzene rings is 4. The molecule has 0 unspecified atom stereocenters. The second-order valence-electron chi connectivity index (χ2n) is 7.41. The van der Waals surface area contributed by atoms with Crippen LogP contribution in [0, 0.1) is 0 Å². The molecule has 0 amide bonds. The van der Waals surface area contributed by atoms with Crippen molar-refractivity contribution in [2.75, 3.05) is 10.6 Å². The standard InChI is InChI=1S/C26H16Cl2N2O2/c27-21-23(29-19-11-9-15-5-1-3-7-17(15)13-19)25(31)22(28)24(26(21)32)30-20-12-10-16-6-2-4-8-18(16)14-20/h1-14,29-30H. The molecule has 0 spiro atoms. The zero-order chi connectivity index (χ0) is 22.2. The van der Waals surface area contributed by atoms with Crippen LogP contribution in [0.15, 0.2) is 106 Å². The summed E-state index contributed by atoms with van der Waals surface area (Å²) in [5.41, 5.74) is 1.18. The Labute approximate surface area is 194 Å². The minimum atomic E-state index is -0.548. The van der Waals surface area contributed by atoms with Crippen molar-refractivity contribution >= 4 is 67.7 Å². The fraction of sp³-hybridized carbons (Fsp3) is 0. The van der Waals surface area contributed by atoms with Crippen LogP contribution < -0.4 is 10.6 Å². The lowest BCUT2D eigenvalue weighted by Gasteiger charge is -2.20. The highest BCUT2D eigenvalue weighted by molar-refractivity contribution is 6.56. The number of nitrogens with one attached hydrogen (secondary N) is 2. The van der Waals surface area contributed by atoms with Crippen LogP contribution in [0.4, 0.5) is 11.4 Å². The molecule has 4 aromatic rings. The van der Waals surface area contributed by atoms with Crippen LogP contribution in [0.5, 0.6) is 0 Å². The first-order chi connectivity index (χ1) is 15.5. The molecular weight excluding hydrogens is 443 g/mol. The third-order valence-electron chi connectivity index (χ3n) is 5.33. The van der Waals surface area contributed by atoms with Gasteiger partial charge in [-0.25, -0.2) is 0 Å². The van der Waals surface area contributed by atoms with Gasteiger partial charge in [-0.3, -0.25) is 9.59 Å². The van der Waals surface area contributed by atoms with Gasteiger partial charge in [-0.1, -0.05) is 83.9 Å². The molecule has 4 nitrogen and oxygen atoms in total. The predicted octanol–water partition coefficient (Wildman–Crippen LogP) is 6.57. The number of hydrogen-bond donors (Lipinski definition) is 2. The summed E-state index contributed by atoms with van der Waals surface area (Å²) in [6, 6.07) is 26.9. The van der Waals surface area contributed by atoms with Crippen molar-refractivity contribution in [3.63, 3.8) is 0 Å². The smallest absolute Gasteiger partial charge is 0.224 e. The first kappa shape index (κ1) is 20.3. The topological polar surface area (TPSA) is 58.2 Å². The Kier molecular flexibility index (Phi) is 5.17. The molecule has 0 radical (unpaired) electrons. The summed E-state index contributed by atoms with van der Waals surface area (Å²) in [6.45, 7) is 0. The van der Waals surface area contributed by atoms with Crippen molar-refractivity contribution in [1.29, 1.82) is 0 Å². The van der Waals surface area contributed by atoms with Gasteiger partial charge in [0.1, 0.15) is 21.5 Å². The fourth-order valence-electron chi connectivity index (χ4n) is 3.69. The van der Waals surface area contributed by atoms with Crippen LogP contribution in [0.3, 0.4) is 0 Å². The van der Waals surface area contributed by atoms with Gasteiger partial charge >= 0.3 is 0 Å². The van der Waals surface area contributed by atoms with Crippen molar-refractivity contribution < 1.29 is 9.59 Å². The number of ketones is 2. The van der Waals surface area contributed by atoms with E-state index in [2.05, 4.69) is 10.6 Å². The van der Waals surface area contributed by atoms with Crippen molar-refractivity contribution in [3.8, 4) is 0 Å². The summed E-state index contributed by atoms with van der Waals surface area (Å²) in [6.07, 6.45) is 0. The first-order valence-corrected chi connectivity index (χ1v) is 10.7. The molecule has 0 aromatic heterocycles. The molecule has 0 saturated carbocycles. The average molecular weight is 459 g/mol. The lowest BCUT2D eigenvalue weighted by Crippen LogP contribution is -2.27. The van der Waals surface area contributed by atoms with Crippen LogP contribution in [-0.2, 0) is 9.59 Å². The van der Waals surface area contributed by atoms with Crippen LogP contribution in [-0.4, -0.2) is 11.6 Å². The van der Waals surface area contributed by atoms with E-state index in [1.807, 2.05) is 84.9 Å². The molecule has 1 aliphatic rings. The van der Waals surface area contributed by atoms with Crippen molar-refractivity contribution in [2.45, 2.75) is 0 Å². The number of fused-ring (bicyclic) bond motifs is 2. The zero-order valence-electron chi connectivity index (χ0n) is 16.7. The van der Waals surface area contributed by atoms with E-state index in [9.17, 15) is 9.59 Å². The molecule has 6 heteroatoms. The fourth-order valence-corrected chi connectivity index (χ4v) is 4.15. The number of rotatable bonds is 4. The molecule has 0 saturated heterocycles. The SMILES string of the molecule is O=C1C(Cl)=C(Nc2ccc3ccccc3c2)C(=O)C(Cl)=C1Nc1ccc2ccccc2c1. The maximum atomic E-state index is 13.0. The van der Waals surface area contributed by atoms with Crippen molar-refractivity contribution in [2.24, 2.45) is 0 Å². The minimum Gasteiger partial charge on any atom is -0.351 e. The maximum absolute atomic E-state index is 13.0. The molecule has 0 bridgehead atoms.